The highest BCUT2D eigenvalue weighted by Gasteiger charge is 2.02. The van der Waals surface area contributed by atoms with Gasteiger partial charge in [0.2, 0.25) is 0 Å². The van der Waals surface area contributed by atoms with Crippen LogP contribution in [0.1, 0.15) is 5.56 Å². The summed E-state index contributed by atoms with van der Waals surface area (Å²) in [6, 6.07) is 6.35. The number of alkyl halides is 2. The van der Waals surface area contributed by atoms with Crippen LogP contribution < -0.4 is 4.74 Å². The summed E-state index contributed by atoms with van der Waals surface area (Å²) in [5.41, 5.74) is 0.726. The third-order valence-electron chi connectivity index (χ3n) is 1.48. The summed E-state index contributed by atoms with van der Waals surface area (Å²) in [6.07, 6.45) is -2.46. The standard InChI is InChI=1S/C9H10F2O2/c10-9(11)6-13-8-3-1-7(5-12)2-4-8/h1-4,9,12H,5-6H2. The van der Waals surface area contributed by atoms with Crippen molar-refractivity contribution in [2.75, 3.05) is 6.61 Å². The third-order valence-corrected chi connectivity index (χ3v) is 1.48. The maximum atomic E-state index is 11.7. The number of hydrogen-bond donors (Lipinski definition) is 1. The molecule has 0 amide bonds. The second kappa shape index (κ2) is 4.77. The predicted octanol–water partition coefficient (Wildman–Crippen LogP) is 1.82. The van der Waals surface area contributed by atoms with E-state index in [1.54, 1.807) is 24.3 Å². The molecule has 0 saturated carbocycles. The molecule has 0 saturated heterocycles. The number of ether oxygens (including phenoxy) is 1. The molecule has 0 aliphatic rings. The molecule has 0 aliphatic carbocycles. The molecule has 1 rings (SSSR count). The monoisotopic (exact) mass is 188 g/mol. The Morgan fingerprint density at radius 1 is 1.23 bits per heavy atom. The Morgan fingerprint density at radius 3 is 2.31 bits per heavy atom. The number of benzene rings is 1. The molecule has 0 fully saturated rings. The fourth-order valence-corrected chi connectivity index (χ4v) is 0.850. The van der Waals surface area contributed by atoms with Crippen molar-refractivity contribution in [2.24, 2.45) is 0 Å². The van der Waals surface area contributed by atoms with Crippen molar-refractivity contribution in [1.82, 2.24) is 0 Å². The van der Waals surface area contributed by atoms with Crippen molar-refractivity contribution >= 4 is 0 Å². The predicted molar refractivity (Wildman–Crippen MR) is 43.9 cm³/mol. The van der Waals surface area contributed by atoms with Crippen molar-refractivity contribution in [3.05, 3.63) is 29.8 Å². The molecule has 0 spiro atoms. The highest BCUT2D eigenvalue weighted by molar-refractivity contribution is 5.26. The number of hydrogen-bond acceptors (Lipinski definition) is 2. The van der Waals surface area contributed by atoms with Crippen LogP contribution in [0.2, 0.25) is 0 Å². The lowest BCUT2D eigenvalue weighted by molar-refractivity contribution is 0.0819. The van der Waals surface area contributed by atoms with Gasteiger partial charge in [0.15, 0.2) is 0 Å². The molecule has 0 aliphatic heterocycles. The van der Waals surface area contributed by atoms with E-state index >= 15 is 0 Å². The molecule has 1 aromatic rings. The quantitative estimate of drug-likeness (QED) is 0.781. The first-order valence-electron chi connectivity index (χ1n) is 3.83. The average molecular weight is 188 g/mol. The largest absolute Gasteiger partial charge is 0.488 e. The molecule has 0 aromatic heterocycles. The zero-order chi connectivity index (χ0) is 9.68. The van der Waals surface area contributed by atoms with E-state index in [9.17, 15) is 8.78 Å². The Morgan fingerprint density at radius 2 is 1.85 bits per heavy atom. The summed E-state index contributed by atoms with van der Waals surface area (Å²) in [5.74, 6) is 0.387. The Hall–Kier alpha value is -1.16. The van der Waals surface area contributed by atoms with Crippen LogP contribution in [0, 0.1) is 0 Å². The van der Waals surface area contributed by atoms with Gasteiger partial charge in [0, 0.05) is 0 Å². The Labute approximate surface area is 74.8 Å². The summed E-state index contributed by atoms with van der Waals surface area (Å²) in [6.45, 7) is -0.659. The molecular weight excluding hydrogens is 178 g/mol. The minimum absolute atomic E-state index is 0.0604. The van der Waals surface area contributed by atoms with Crippen LogP contribution in [0.4, 0.5) is 8.78 Å². The van der Waals surface area contributed by atoms with Crippen LogP contribution in [0.3, 0.4) is 0 Å². The SMILES string of the molecule is OCc1ccc(OCC(F)F)cc1. The smallest absolute Gasteiger partial charge is 0.272 e. The molecular formula is C9H10F2O2. The fourth-order valence-electron chi connectivity index (χ4n) is 0.850. The van der Waals surface area contributed by atoms with Gasteiger partial charge >= 0.3 is 0 Å². The minimum Gasteiger partial charge on any atom is -0.488 e. The molecule has 4 heteroatoms. The summed E-state index contributed by atoms with van der Waals surface area (Å²) in [5, 5.41) is 8.69. The normalized spacial score (nSPS) is 10.5. The van der Waals surface area contributed by atoms with Crippen LogP contribution in [-0.2, 0) is 6.61 Å². The number of halogens is 2. The maximum absolute atomic E-state index is 11.7. The number of rotatable bonds is 4. The molecule has 0 atom stereocenters. The Balaban J connectivity index is 2.49. The lowest BCUT2D eigenvalue weighted by Gasteiger charge is -2.05. The highest BCUT2D eigenvalue weighted by atomic mass is 19.3. The van der Waals surface area contributed by atoms with Crippen molar-refractivity contribution < 1.29 is 18.6 Å². The fraction of sp³-hybridized carbons (Fsp3) is 0.333. The lowest BCUT2D eigenvalue weighted by atomic mass is 10.2. The molecule has 2 nitrogen and oxygen atoms in total. The van der Waals surface area contributed by atoms with E-state index in [1.165, 1.54) is 0 Å². The summed E-state index contributed by atoms with van der Waals surface area (Å²) in [7, 11) is 0. The number of aliphatic hydroxyl groups is 1. The molecule has 0 heterocycles. The average Bonchev–Trinajstić information content (AvgIpc) is 2.15. The molecule has 13 heavy (non-hydrogen) atoms. The third kappa shape index (κ3) is 3.38. The highest BCUT2D eigenvalue weighted by Crippen LogP contribution is 2.12. The van der Waals surface area contributed by atoms with Crippen LogP contribution >= 0.6 is 0 Å². The maximum Gasteiger partial charge on any atom is 0.272 e. The van der Waals surface area contributed by atoms with Gasteiger partial charge in [-0.05, 0) is 17.7 Å². The van der Waals surface area contributed by atoms with Crippen LogP contribution in [0.5, 0.6) is 5.75 Å². The lowest BCUT2D eigenvalue weighted by Crippen LogP contribution is -2.06. The van der Waals surface area contributed by atoms with E-state index in [-0.39, 0.29) is 6.61 Å². The Bertz CT molecular complexity index is 246. The van der Waals surface area contributed by atoms with E-state index in [0.717, 1.165) is 5.56 Å². The Kier molecular flexibility index (Phi) is 3.64. The van der Waals surface area contributed by atoms with Gasteiger partial charge in [-0.25, -0.2) is 8.78 Å². The first-order chi connectivity index (χ1) is 6.22. The van der Waals surface area contributed by atoms with Crippen LogP contribution in [-0.4, -0.2) is 18.1 Å². The van der Waals surface area contributed by atoms with Gasteiger partial charge in [-0.15, -0.1) is 0 Å². The van der Waals surface area contributed by atoms with Gasteiger partial charge in [0.1, 0.15) is 12.4 Å². The molecule has 0 bridgehead atoms. The van der Waals surface area contributed by atoms with Crippen molar-refractivity contribution in [2.45, 2.75) is 13.0 Å². The van der Waals surface area contributed by atoms with Crippen LogP contribution in [0.25, 0.3) is 0 Å². The zero-order valence-corrected chi connectivity index (χ0v) is 6.91. The second-order valence-corrected chi connectivity index (χ2v) is 2.50. The first-order valence-corrected chi connectivity index (χ1v) is 3.83. The number of aliphatic hydroxyl groups excluding tert-OH is 1. The van der Waals surface area contributed by atoms with Crippen molar-refractivity contribution in [3.63, 3.8) is 0 Å². The summed E-state index contributed by atoms with van der Waals surface area (Å²) < 4.78 is 28.1. The molecule has 0 unspecified atom stereocenters. The van der Waals surface area contributed by atoms with Gasteiger partial charge in [0.05, 0.1) is 6.61 Å². The van der Waals surface area contributed by atoms with E-state index in [1.807, 2.05) is 0 Å². The van der Waals surface area contributed by atoms with E-state index in [0.29, 0.717) is 5.75 Å². The molecule has 1 N–H and O–H groups in total. The first kappa shape index (κ1) is 9.92. The molecule has 0 radical (unpaired) electrons. The van der Waals surface area contributed by atoms with Gasteiger partial charge in [-0.3, -0.25) is 0 Å². The summed E-state index contributed by atoms with van der Waals surface area (Å²) in [4.78, 5) is 0. The molecule has 1 aromatic carbocycles. The van der Waals surface area contributed by atoms with E-state index in [4.69, 9.17) is 9.84 Å². The van der Waals surface area contributed by atoms with Crippen molar-refractivity contribution in [3.8, 4) is 5.75 Å². The van der Waals surface area contributed by atoms with Gasteiger partial charge in [0.25, 0.3) is 6.43 Å². The molecule has 72 valence electrons. The van der Waals surface area contributed by atoms with E-state index in [2.05, 4.69) is 0 Å². The van der Waals surface area contributed by atoms with Crippen molar-refractivity contribution in [1.29, 1.82) is 0 Å². The minimum atomic E-state index is -2.46. The zero-order valence-electron chi connectivity index (χ0n) is 6.91. The topological polar surface area (TPSA) is 29.5 Å². The van der Waals surface area contributed by atoms with E-state index < -0.39 is 13.0 Å². The van der Waals surface area contributed by atoms with Gasteiger partial charge in [-0.2, -0.15) is 0 Å². The van der Waals surface area contributed by atoms with Gasteiger partial charge in [-0.1, -0.05) is 12.1 Å². The van der Waals surface area contributed by atoms with Gasteiger partial charge < -0.3 is 9.84 Å². The second-order valence-electron chi connectivity index (χ2n) is 2.50. The van der Waals surface area contributed by atoms with Crippen LogP contribution in [0.15, 0.2) is 24.3 Å². The summed E-state index contributed by atoms with van der Waals surface area (Å²) >= 11 is 0.